The fourth-order valence-electron chi connectivity index (χ4n) is 1.12. The smallest absolute Gasteiger partial charge is 0.389 e. The highest BCUT2D eigenvalue weighted by atomic mass is 32.2. The molecular weight excluding hydrogens is 253 g/mol. The largest absolute Gasteiger partial charge is 0.465 e. The van der Waals surface area contributed by atoms with Crippen LogP contribution < -0.4 is 0 Å². The lowest BCUT2D eigenvalue weighted by Crippen LogP contribution is -2.08. The molecule has 0 aliphatic rings. The van der Waals surface area contributed by atoms with E-state index in [1.54, 1.807) is 0 Å². The van der Waals surface area contributed by atoms with E-state index in [0.717, 1.165) is 6.42 Å². The summed E-state index contributed by atoms with van der Waals surface area (Å²) in [6, 6.07) is 0. The van der Waals surface area contributed by atoms with Crippen LogP contribution in [0.15, 0.2) is 0 Å². The lowest BCUT2D eigenvalue weighted by Gasteiger charge is -2.05. The Morgan fingerprint density at radius 3 is 2.53 bits per heavy atom. The van der Waals surface area contributed by atoms with E-state index < -0.39 is 12.6 Å². The van der Waals surface area contributed by atoms with Gasteiger partial charge in [0.1, 0.15) is 0 Å². The fourth-order valence-corrected chi connectivity index (χ4v) is 1.92. The maximum absolute atomic E-state index is 11.8. The minimum absolute atomic E-state index is 0.171. The van der Waals surface area contributed by atoms with E-state index in [4.69, 9.17) is 4.74 Å². The molecule has 0 saturated carbocycles. The van der Waals surface area contributed by atoms with Crippen molar-refractivity contribution in [2.24, 2.45) is 0 Å². The number of esters is 1. The summed E-state index contributed by atoms with van der Waals surface area (Å²) in [7, 11) is 0. The number of thioether (sulfide) groups is 1. The molecule has 2 nitrogen and oxygen atoms in total. The van der Waals surface area contributed by atoms with Crippen molar-refractivity contribution in [1.29, 1.82) is 0 Å². The van der Waals surface area contributed by atoms with Crippen LogP contribution in [0.25, 0.3) is 0 Å². The summed E-state index contributed by atoms with van der Waals surface area (Å²) in [4.78, 5) is 11.0. The third-order valence-corrected chi connectivity index (χ3v) is 2.95. The Labute approximate surface area is 104 Å². The number of ether oxygens (including phenoxy) is 1. The first-order valence-electron chi connectivity index (χ1n) is 5.76. The highest BCUT2D eigenvalue weighted by Crippen LogP contribution is 2.22. The van der Waals surface area contributed by atoms with Gasteiger partial charge in [0.05, 0.1) is 12.4 Å². The number of rotatable bonds is 9. The average molecular weight is 272 g/mol. The van der Waals surface area contributed by atoms with Crippen molar-refractivity contribution in [2.45, 2.75) is 45.2 Å². The van der Waals surface area contributed by atoms with Gasteiger partial charge in [0.25, 0.3) is 0 Å². The van der Waals surface area contributed by atoms with Crippen LogP contribution in [0, 0.1) is 0 Å². The third kappa shape index (κ3) is 13.5. The maximum Gasteiger partial charge on any atom is 0.389 e. The molecule has 17 heavy (non-hydrogen) atoms. The predicted molar refractivity (Wildman–Crippen MR) is 63.1 cm³/mol. The van der Waals surface area contributed by atoms with Crippen molar-refractivity contribution < 1.29 is 22.7 Å². The molecule has 0 rings (SSSR count). The Balaban J connectivity index is 3.21. The van der Waals surface area contributed by atoms with Gasteiger partial charge in [-0.05, 0) is 25.0 Å². The van der Waals surface area contributed by atoms with E-state index in [-0.39, 0.29) is 12.4 Å². The molecule has 0 fully saturated rings. The standard InChI is InChI=1S/C11H19F3O2S/c1-2-7-16-10(15)9-17-8-5-3-4-6-11(12,13)14/h2-9H2,1H3. The molecule has 0 atom stereocenters. The zero-order valence-corrected chi connectivity index (χ0v) is 10.8. The Morgan fingerprint density at radius 2 is 1.94 bits per heavy atom. The lowest BCUT2D eigenvalue weighted by atomic mass is 10.2. The Hall–Kier alpha value is -0.390. The second-order valence-corrected chi connectivity index (χ2v) is 4.80. The second kappa shape index (κ2) is 9.62. The van der Waals surface area contributed by atoms with E-state index in [1.807, 2.05) is 6.92 Å². The molecule has 0 unspecified atom stereocenters. The van der Waals surface area contributed by atoms with Gasteiger partial charge in [0.2, 0.25) is 0 Å². The first kappa shape index (κ1) is 16.6. The van der Waals surface area contributed by atoms with E-state index in [9.17, 15) is 18.0 Å². The molecular formula is C11H19F3O2S. The minimum Gasteiger partial charge on any atom is -0.465 e. The highest BCUT2D eigenvalue weighted by molar-refractivity contribution is 7.99. The van der Waals surface area contributed by atoms with Crippen molar-refractivity contribution in [3.8, 4) is 0 Å². The Morgan fingerprint density at radius 1 is 1.24 bits per heavy atom. The third-order valence-electron chi connectivity index (χ3n) is 1.94. The first-order chi connectivity index (χ1) is 7.95. The van der Waals surface area contributed by atoms with Crippen molar-refractivity contribution in [2.75, 3.05) is 18.1 Å². The van der Waals surface area contributed by atoms with Gasteiger partial charge in [-0.15, -0.1) is 0 Å². The molecule has 0 aliphatic heterocycles. The van der Waals surface area contributed by atoms with Crippen molar-refractivity contribution in [1.82, 2.24) is 0 Å². The molecule has 0 heterocycles. The molecule has 102 valence electrons. The summed E-state index contributed by atoms with van der Waals surface area (Å²) in [6.45, 7) is 2.35. The average Bonchev–Trinajstić information content (AvgIpc) is 2.23. The highest BCUT2D eigenvalue weighted by Gasteiger charge is 2.25. The SMILES string of the molecule is CCCOC(=O)CSCCCCCC(F)(F)F. The van der Waals surface area contributed by atoms with Gasteiger partial charge in [-0.25, -0.2) is 0 Å². The molecule has 0 amide bonds. The van der Waals surface area contributed by atoms with Gasteiger partial charge < -0.3 is 4.74 Å². The van der Waals surface area contributed by atoms with E-state index in [2.05, 4.69) is 0 Å². The molecule has 6 heteroatoms. The van der Waals surface area contributed by atoms with Gasteiger partial charge in [-0.3, -0.25) is 4.79 Å². The van der Waals surface area contributed by atoms with E-state index >= 15 is 0 Å². The second-order valence-electron chi connectivity index (χ2n) is 3.70. The number of alkyl halides is 3. The van der Waals surface area contributed by atoms with Crippen molar-refractivity contribution >= 4 is 17.7 Å². The lowest BCUT2D eigenvalue weighted by molar-refractivity contribution is -0.140. The number of carbonyl (C=O) groups is 1. The van der Waals surface area contributed by atoms with E-state index in [0.29, 0.717) is 31.0 Å². The number of halogens is 3. The van der Waals surface area contributed by atoms with Crippen LogP contribution in [0.4, 0.5) is 13.2 Å². The fraction of sp³-hybridized carbons (Fsp3) is 0.909. The summed E-state index contributed by atoms with van der Waals surface area (Å²) in [5.41, 5.74) is 0. The molecule has 0 saturated heterocycles. The number of hydrogen-bond acceptors (Lipinski definition) is 3. The zero-order valence-electron chi connectivity index (χ0n) is 10.0. The van der Waals surface area contributed by atoms with Crippen LogP contribution in [0.1, 0.15) is 39.0 Å². The van der Waals surface area contributed by atoms with Gasteiger partial charge in [-0.1, -0.05) is 13.3 Å². The molecule has 0 aromatic heterocycles. The topological polar surface area (TPSA) is 26.3 Å². The van der Waals surface area contributed by atoms with Crippen molar-refractivity contribution in [3.63, 3.8) is 0 Å². The summed E-state index contributed by atoms with van der Waals surface area (Å²) in [6.07, 6.45) is -2.52. The molecule has 0 aromatic rings. The summed E-state index contributed by atoms with van der Waals surface area (Å²) < 4.78 is 40.2. The van der Waals surface area contributed by atoms with Crippen LogP contribution in [0.3, 0.4) is 0 Å². The Kier molecular flexibility index (Phi) is 9.40. The molecule has 0 aromatic carbocycles. The monoisotopic (exact) mass is 272 g/mol. The van der Waals surface area contributed by atoms with Crippen LogP contribution >= 0.6 is 11.8 Å². The molecule has 0 spiro atoms. The summed E-state index contributed by atoms with van der Waals surface area (Å²) in [5, 5.41) is 0. The molecule has 0 aliphatic carbocycles. The number of carbonyl (C=O) groups excluding carboxylic acids is 1. The van der Waals surface area contributed by atoms with Gasteiger partial charge in [-0.2, -0.15) is 24.9 Å². The molecule has 0 radical (unpaired) electrons. The normalized spacial score (nSPS) is 11.5. The Bertz CT molecular complexity index is 207. The first-order valence-corrected chi connectivity index (χ1v) is 6.91. The summed E-state index contributed by atoms with van der Waals surface area (Å²) >= 11 is 1.41. The van der Waals surface area contributed by atoms with Crippen LogP contribution in [0.2, 0.25) is 0 Å². The molecule has 0 bridgehead atoms. The maximum atomic E-state index is 11.8. The summed E-state index contributed by atoms with van der Waals surface area (Å²) in [5.74, 6) is 0.755. The molecule has 0 N–H and O–H groups in total. The number of unbranched alkanes of at least 4 members (excludes halogenated alkanes) is 2. The van der Waals surface area contributed by atoms with Crippen LogP contribution in [-0.2, 0) is 9.53 Å². The van der Waals surface area contributed by atoms with Gasteiger partial charge in [0, 0.05) is 6.42 Å². The quantitative estimate of drug-likeness (QED) is 0.472. The predicted octanol–water partition coefficient (Wildman–Crippen LogP) is 3.80. The van der Waals surface area contributed by atoms with Gasteiger partial charge >= 0.3 is 12.1 Å². The minimum atomic E-state index is -4.04. The van der Waals surface area contributed by atoms with E-state index in [1.165, 1.54) is 11.8 Å². The van der Waals surface area contributed by atoms with Crippen LogP contribution in [-0.4, -0.2) is 30.3 Å². The van der Waals surface area contributed by atoms with Gasteiger partial charge in [0.15, 0.2) is 0 Å². The number of hydrogen-bond donors (Lipinski definition) is 0. The van der Waals surface area contributed by atoms with Crippen molar-refractivity contribution in [3.05, 3.63) is 0 Å². The van der Waals surface area contributed by atoms with Crippen LogP contribution in [0.5, 0.6) is 0 Å². The zero-order chi connectivity index (χ0) is 13.1.